The summed E-state index contributed by atoms with van der Waals surface area (Å²) in [4.78, 5) is 0. The van der Waals surface area contributed by atoms with E-state index < -0.39 is 0 Å². The van der Waals surface area contributed by atoms with Gasteiger partial charge in [-0.25, -0.2) is 0 Å². The molecule has 3 nitrogen and oxygen atoms in total. The predicted molar refractivity (Wildman–Crippen MR) is 78.7 cm³/mol. The van der Waals surface area contributed by atoms with Crippen LogP contribution in [0.25, 0.3) is 0 Å². The third-order valence-electron chi connectivity index (χ3n) is 3.10. The zero-order valence-corrected chi connectivity index (χ0v) is 11.0. The molecular weight excluding hydrogens is 234 g/mol. The summed E-state index contributed by atoms with van der Waals surface area (Å²) in [5.41, 5.74) is 10.5. The maximum Gasteiger partial charge on any atom is 0.0992 e. The zero-order valence-electron chi connectivity index (χ0n) is 11.0. The van der Waals surface area contributed by atoms with Gasteiger partial charge in [0, 0.05) is 6.54 Å². The van der Waals surface area contributed by atoms with Crippen molar-refractivity contribution in [2.75, 3.05) is 11.1 Å². The van der Waals surface area contributed by atoms with Crippen LogP contribution in [0.15, 0.2) is 42.5 Å². The summed E-state index contributed by atoms with van der Waals surface area (Å²) in [6.07, 6.45) is 1.05. The van der Waals surface area contributed by atoms with Crippen molar-refractivity contribution in [2.24, 2.45) is 0 Å². The number of benzene rings is 2. The SMILES string of the molecule is CCc1ccc(CNc2cc(C#N)ccc2N)cc1. The van der Waals surface area contributed by atoms with Gasteiger partial charge in [-0.1, -0.05) is 31.2 Å². The van der Waals surface area contributed by atoms with Crippen molar-refractivity contribution in [3.05, 3.63) is 59.2 Å². The molecule has 96 valence electrons. The summed E-state index contributed by atoms with van der Waals surface area (Å²) in [6.45, 7) is 2.84. The number of nitrogens with two attached hydrogens (primary N) is 1. The summed E-state index contributed by atoms with van der Waals surface area (Å²) < 4.78 is 0. The van der Waals surface area contributed by atoms with Crippen LogP contribution >= 0.6 is 0 Å². The third-order valence-corrected chi connectivity index (χ3v) is 3.10. The molecule has 0 aromatic heterocycles. The molecule has 2 aromatic carbocycles. The smallest absolute Gasteiger partial charge is 0.0992 e. The minimum absolute atomic E-state index is 0.609. The fraction of sp³-hybridized carbons (Fsp3) is 0.188. The third kappa shape index (κ3) is 3.26. The highest BCUT2D eigenvalue weighted by molar-refractivity contribution is 5.68. The highest BCUT2D eigenvalue weighted by Gasteiger charge is 2.01. The first-order chi connectivity index (χ1) is 9.22. The second kappa shape index (κ2) is 5.92. The van der Waals surface area contributed by atoms with Crippen LogP contribution in [-0.4, -0.2) is 0 Å². The molecular formula is C16H17N3. The van der Waals surface area contributed by atoms with Gasteiger partial charge in [-0.05, 0) is 35.7 Å². The van der Waals surface area contributed by atoms with Crippen molar-refractivity contribution in [3.8, 4) is 6.07 Å². The molecule has 0 atom stereocenters. The maximum absolute atomic E-state index is 8.88. The van der Waals surface area contributed by atoms with Crippen molar-refractivity contribution in [3.63, 3.8) is 0 Å². The fourth-order valence-corrected chi connectivity index (χ4v) is 1.87. The number of nitrogen functional groups attached to an aromatic ring is 1. The first kappa shape index (κ1) is 13.0. The molecule has 0 spiro atoms. The standard InChI is InChI=1S/C16H17N3/c1-2-12-3-5-13(6-4-12)11-19-16-9-14(10-17)7-8-15(16)18/h3-9,19H,2,11,18H2,1H3. The van der Waals surface area contributed by atoms with Crippen LogP contribution in [0.4, 0.5) is 11.4 Å². The van der Waals surface area contributed by atoms with Crippen molar-refractivity contribution < 1.29 is 0 Å². The van der Waals surface area contributed by atoms with Crippen LogP contribution in [0.2, 0.25) is 0 Å². The fourth-order valence-electron chi connectivity index (χ4n) is 1.87. The second-order valence-electron chi connectivity index (χ2n) is 4.44. The molecule has 0 bridgehead atoms. The molecule has 0 aliphatic rings. The Morgan fingerprint density at radius 3 is 2.42 bits per heavy atom. The van der Waals surface area contributed by atoms with Gasteiger partial charge in [0.25, 0.3) is 0 Å². The predicted octanol–water partition coefficient (Wildman–Crippen LogP) is 3.31. The van der Waals surface area contributed by atoms with Gasteiger partial charge in [0.15, 0.2) is 0 Å². The molecule has 0 aliphatic carbocycles. The van der Waals surface area contributed by atoms with Gasteiger partial charge in [0.2, 0.25) is 0 Å². The topological polar surface area (TPSA) is 61.8 Å². The lowest BCUT2D eigenvalue weighted by Crippen LogP contribution is -2.03. The first-order valence-electron chi connectivity index (χ1n) is 6.34. The quantitative estimate of drug-likeness (QED) is 0.819. The van der Waals surface area contributed by atoms with E-state index in [1.807, 2.05) is 0 Å². The Kier molecular flexibility index (Phi) is 4.04. The average Bonchev–Trinajstić information content (AvgIpc) is 2.47. The Bertz CT molecular complexity index is 594. The van der Waals surface area contributed by atoms with E-state index in [9.17, 15) is 0 Å². The van der Waals surface area contributed by atoms with Crippen LogP contribution in [0.5, 0.6) is 0 Å². The maximum atomic E-state index is 8.88. The molecule has 19 heavy (non-hydrogen) atoms. The van der Waals surface area contributed by atoms with Gasteiger partial charge < -0.3 is 11.1 Å². The molecule has 2 rings (SSSR count). The van der Waals surface area contributed by atoms with Gasteiger partial charge in [-0.15, -0.1) is 0 Å². The lowest BCUT2D eigenvalue weighted by Gasteiger charge is -2.10. The van der Waals surface area contributed by atoms with Crippen LogP contribution in [-0.2, 0) is 13.0 Å². The molecule has 0 saturated carbocycles. The molecule has 0 aliphatic heterocycles. The van der Waals surface area contributed by atoms with Crippen molar-refractivity contribution in [2.45, 2.75) is 19.9 Å². The zero-order chi connectivity index (χ0) is 13.7. The number of aryl methyl sites for hydroxylation is 1. The largest absolute Gasteiger partial charge is 0.397 e. The number of nitrogens with one attached hydrogen (secondary N) is 1. The van der Waals surface area contributed by atoms with Crippen LogP contribution in [0.1, 0.15) is 23.6 Å². The molecule has 0 amide bonds. The van der Waals surface area contributed by atoms with E-state index in [4.69, 9.17) is 11.0 Å². The van der Waals surface area contributed by atoms with Gasteiger partial charge in [0.1, 0.15) is 0 Å². The van der Waals surface area contributed by atoms with E-state index in [1.54, 1.807) is 18.2 Å². The molecule has 0 fully saturated rings. The summed E-state index contributed by atoms with van der Waals surface area (Å²) in [5.74, 6) is 0. The van der Waals surface area contributed by atoms with Gasteiger partial charge in [0.05, 0.1) is 23.0 Å². The van der Waals surface area contributed by atoms with E-state index in [0.717, 1.165) is 12.1 Å². The minimum atomic E-state index is 0.609. The summed E-state index contributed by atoms with van der Waals surface area (Å²) >= 11 is 0. The molecule has 3 heteroatoms. The number of hydrogen-bond donors (Lipinski definition) is 2. The van der Waals surface area contributed by atoms with E-state index in [-0.39, 0.29) is 0 Å². The Balaban J connectivity index is 2.07. The van der Waals surface area contributed by atoms with Gasteiger partial charge >= 0.3 is 0 Å². The Morgan fingerprint density at radius 1 is 1.11 bits per heavy atom. The molecule has 0 heterocycles. The second-order valence-corrected chi connectivity index (χ2v) is 4.44. The number of rotatable bonds is 4. The van der Waals surface area contributed by atoms with Crippen LogP contribution < -0.4 is 11.1 Å². The first-order valence-corrected chi connectivity index (χ1v) is 6.34. The van der Waals surface area contributed by atoms with Crippen molar-refractivity contribution in [1.82, 2.24) is 0 Å². The summed E-state index contributed by atoms with van der Waals surface area (Å²) in [6, 6.07) is 15.8. The highest BCUT2D eigenvalue weighted by Crippen LogP contribution is 2.20. The number of nitriles is 1. The molecule has 0 unspecified atom stereocenters. The Labute approximate surface area is 113 Å². The lowest BCUT2D eigenvalue weighted by molar-refractivity contribution is 1.11. The molecule has 2 aromatic rings. The minimum Gasteiger partial charge on any atom is -0.397 e. The summed E-state index contributed by atoms with van der Waals surface area (Å²) in [5, 5.41) is 12.1. The Morgan fingerprint density at radius 2 is 1.79 bits per heavy atom. The Hall–Kier alpha value is -2.47. The lowest BCUT2D eigenvalue weighted by atomic mass is 10.1. The van der Waals surface area contributed by atoms with E-state index >= 15 is 0 Å². The van der Waals surface area contributed by atoms with E-state index in [2.05, 4.69) is 42.6 Å². The van der Waals surface area contributed by atoms with Gasteiger partial charge in [-0.2, -0.15) is 5.26 Å². The van der Waals surface area contributed by atoms with Crippen molar-refractivity contribution in [1.29, 1.82) is 5.26 Å². The molecule has 0 radical (unpaired) electrons. The number of anilines is 2. The number of nitrogens with zero attached hydrogens (tertiary/aromatic N) is 1. The van der Waals surface area contributed by atoms with Crippen LogP contribution in [0, 0.1) is 11.3 Å². The van der Waals surface area contributed by atoms with E-state index in [0.29, 0.717) is 17.8 Å². The molecule has 3 N–H and O–H groups in total. The average molecular weight is 251 g/mol. The van der Waals surface area contributed by atoms with Crippen LogP contribution in [0.3, 0.4) is 0 Å². The number of hydrogen-bond acceptors (Lipinski definition) is 3. The highest BCUT2D eigenvalue weighted by atomic mass is 14.9. The normalized spacial score (nSPS) is 9.89. The van der Waals surface area contributed by atoms with E-state index in [1.165, 1.54) is 11.1 Å². The van der Waals surface area contributed by atoms with Crippen molar-refractivity contribution >= 4 is 11.4 Å². The summed E-state index contributed by atoms with van der Waals surface area (Å²) in [7, 11) is 0. The monoisotopic (exact) mass is 251 g/mol. The van der Waals surface area contributed by atoms with Gasteiger partial charge in [-0.3, -0.25) is 0 Å². The molecule has 0 saturated heterocycles.